The van der Waals surface area contributed by atoms with Crippen molar-refractivity contribution in [2.75, 3.05) is 7.11 Å². The molecule has 5 nitrogen and oxygen atoms in total. The van der Waals surface area contributed by atoms with Gasteiger partial charge in [0.05, 0.1) is 7.11 Å². The summed E-state index contributed by atoms with van der Waals surface area (Å²) in [5.41, 5.74) is 3.65. The predicted octanol–water partition coefficient (Wildman–Crippen LogP) is 4.28. The van der Waals surface area contributed by atoms with Gasteiger partial charge in [-0.2, -0.15) is 0 Å². The first-order valence-corrected chi connectivity index (χ1v) is 10.8. The van der Waals surface area contributed by atoms with E-state index in [0.717, 1.165) is 28.0 Å². The molecular formula is C27H28N2O3. The number of carbonyl (C=O) groups is 2. The lowest BCUT2D eigenvalue weighted by atomic mass is 9.82. The lowest BCUT2D eigenvalue weighted by molar-refractivity contribution is -0.132. The molecule has 0 bridgehead atoms. The van der Waals surface area contributed by atoms with E-state index in [1.165, 1.54) is 0 Å². The standard InChI is InChI=1S/C27H28N2O3/c1-19-11-13-20(14-12-19)18-29-25(30)24-10-5-4-8-22(24)16-27(29,2)26(31)28-17-21-7-6-9-23(15-21)32-3/h4-15H,16-18H2,1-3H3,(H,28,31)/t27-/m1/s1. The first-order valence-electron chi connectivity index (χ1n) is 10.8. The Labute approximate surface area is 189 Å². The Morgan fingerprint density at radius 1 is 1.03 bits per heavy atom. The number of benzene rings is 3. The average Bonchev–Trinajstić information content (AvgIpc) is 2.81. The monoisotopic (exact) mass is 428 g/mol. The quantitative estimate of drug-likeness (QED) is 0.638. The van der Waals surface area contributed by atoms with E-state index in [-0.39, 0.29) is 11.8 Å². The number of nitrogens with one attached hydrogen (secondary N) is 1. The third-order valence-corrected chi connectivity index (χ3v) is 6.16. The van der Waals surface area contributed by atoms with Gasteiger partial charge in [-0.1, -0.05) is 60.2 Å². The minimum atomic E-state index is -1.00. The summed E-state index contributed by atoms with van der Waals surface area (Å²) in [7, 11) is 1.62. The van der Waals surface area contributed by atoms with E-state index in [9.17, 15) is 9.59 Å². The van der Waals surface area contributed by atoms with Crippen LogP contribution < -0.4 is 10.1 Å². The van der Waals surface area contributed by atoms with Crippen molar-refractivity contribution in [2.24, 2.45) is 0 Å². The van der Waals surface area contributed by atoms with Gasteiger partial charge in [-0.25, -0.2) is 0 Å². The van der Waals surface area contributed by atoms with Crippen LogP contribution in [0.4, 0.5) is 0 Å². The average molecular weight is 429 g/mol. The molecule has 164 valence electrons. The van der Waals surface area contributed by atoms with Crippen LogP contribution in [0.25, 0.3) is 0 Å². The van der Waals surface area contributed by atoms with Gasteiger partial charge in [0.1, 0.15) is 11.3 Å². The van der Waals surface area contributed by atoms with Gasteiger partial charge in [0, 0.05) is 25.1 Å². The molecule has 5 heteroatoms. The fraction of sp³-hybridized carbons (Fsp3) is 0.259. The summed E-state index contributed by atoms with van der Waals surface area (Å²) in [5, 5.41) is 3.05. The molecule has 1 atom stereocenters. The van der Waals surface area contributed by atoms with Crippen molar-refractivity contribution in [3.63, 3.8) is 0 Å². The molecule has 3 aromatic carbocycles. The van der Waals surface area contributed by atoms with E-state index < -0.39 is 5.54 Å². The lowest BCUT2D eigenvalue weighted by Crippen LogP contribution is -2.62. The van der Waals surface area contributed by atoms with E-state index in [1.54, 1.807) is 12.0 Å². The number of amides is 2. The molecule has 1 aliphatic rings. The van der Waals surface area contributed by atoms with Crippen LogP contribution in [-0.2, 0) is 24.3 Å². The maximum atomic E-state index is 13.5. The number of ether oxygens (including phenoxy) is 1. The van der Waals surface area contributed by atoms with Gasteiger partial charge in [-0.05, 0) is 48.7 Å². The third-order valence-electron chi connectivity index (χ3n) is 6.16. The number of hydrogen-bond donors (Lipinski definition) is 1. The van der Waals surface area contributed by atoms with Crippen molar-refractivity contribution in [3.8, 4) is 5.75 Å². The van der Waals surface area contributed by atoms with Crippen LogP contribution in [0.1, 0.15) is 39.5 Å². The molecule has 0 fully saturated rings. The Morgan fingerprint density at radius 3 is 2.53 bits per heavy atom. The van der Waals surface area contributed by atoms with Gasteiger partial charge in [-0.15, -0.1) is 0 Å². The molecule has 1 N–H and O–H groups in total. The van der Waals surface area contributed by atoms with E-state index in [2.05, 4.69) is 5.32 Å². The normalized spacial score (nSPS) is 17.6. The van der Waals surface area contributed by atoms with Crippen molar-refractivity contribution in [2.45, 2.75) is 38.9 Å². The molecule has 0 radical (unpaired) electrons. The third kappa shape index (κ3) is 4.24. The van der Waals surface area contributed by atoms with Crippen molar-refractivity contribution in [3.05, 3.63) is 101 Å². The van der Waals surface area contributed by atoms with Gasteiger partial charge >= 0.3 is 0 Å². The van der Waals surface area contributed by atoms with Gasteiger partial charge in [0.25, 0.3) is 5.91 Å². The second kappa shape index (κ2) is 8.87. The van der Waals surface area contributed by atoms with Gasteiger partial charge in [0.2, 0.25) is 5.91 Å². The van der Waals surface area contributed by atoms with Crippen LogP contribution >= 0.6 is 0 Å². The van der Waals surface area contributed by atoms with Gasteiger partial charge < -0.3 is 15.0 Å². The van der Waals surface area contributed by atoms with Crippen molar-refractivity contribution in [1.82, 2.24) is 10.2 Å². The molecule has 0 saturated carbocycles. The Bertz CT molecular complexity index is 1140. The van der Waals surface area contributed by atoms with Crippen molar-refractivity contribution >= 4 is 11.8 Å². The molecule has 1 aliphatic heterocycles. The molecule has 0 spiro atoms. The maximum Gasteiger partial charge on any atom is 0.255 e. The number of methoxy groups -OCH3 is 1. The number of fused-ring (bicyclic) bond motifs is 1. The van der Waals surface area contributed by atoms with Gasteiger partial charge in [-0.3, -0.25) is 9.59 Å². The molecule has 0 unspecified atom stereocenters. The second-order valence-electron chi connectivity index (χ2n) is 8.52. The summed E-state index contributed by atoms with van der Waals surface area (Å²) in [4.78, 5) is 28.7. The Morgan fingerprint density at radius 2 is 1.78 bits per heavy atom. The molecule has 0 aliphatic carbocycles. The summed E-state index contributed by atoms with van der Waals surface area (Å²) in [5.74, 6) is 0.451. The largest absolute Gasteiger partial charge is 0.497 e. The van der Waals surface area contributed by atoms with Crippen LogP contribution in [0.15, 0.2) is 72.8 Å². The zero-order chi connectivity index (χ0) is 22.7. The molecule has 32 heavy (non-hydrogen) atoms. The fourth-order valence-electron chi connectivity index (χ4n) is 4.20. The van der Waals surface area contributed by atoms with Crippen LogP contribution in [0.2, 0.25) is 0 Å². The molecule has 2 amide bonds. The first kappa shape index (κ1) is 21.6. The summed E-state index contributed by atoms with van der Waals surface area (Å²) in [6.45, 7) is 4.62. The van der Waals surface area contributed by atoms with E-state index in [0.29, 0.717) is 25.1 Å². The summed E-state index contributed by atoms with van der Waals surface area (Å²) in [6.07, 6.45) is 0.463. The molecule has 0 saturated heterocycles. The highest BCUT2D eigenvalue weighted by Crippen LogP contribution is 2.33. The van der Waals surface area contributed by atoms with E-state index >= 15 is 0 Å². The number of carbonyl (C=O) groups excluding carboxylic acids is 2. The summed E-state index contributed by atoms with van der Waals surface area (Å²) >= 11 is 0. The molecule has 3 aromatic rings. The highest BCUT2D eigenvalue weighted by atomic mass is 16.5. The van der Waals surface area contributed by atoms with Crippen LogP contribution in [0.5, 0.6) is 5.75 Å². The predicted molar refractivity (Wildman–Crippen MR) is 124 cm³/mol. The van der Waals surface area contributed by atoms with Crippen LogP contribution in [0.3, 0.4) is 0 Å². The highest BCUT2D eigenvalue weighted by molar-refractivity contribution is 6.02. The lowest BCUT2D eigenvalue weighted by Gasteiger charge is -2.44. The van der Waals surface area contributed by atoms with E-state index in [1.807, 2.05) is 86.6 Å². The zero-order valence-corrected chi connectivity index (χ0v) is 18.7. The first-order chi connectivity index (χ1) is 15.4. The molecule has 4 rings (SSSR count). The number of rotatable bonds is 6. The maximum absolute atomic E-state index is 13.5. The fourth-order valence-corrected chi connectivity index (χ4v) is 4.20. The Kier molecular flexibility index (Phi) is 5.99. The minimum Gasteiger partial charge on any atom is -0.497 e. The van der Waals surface area contributed by atoms with Crippen LogP contribution in [-0.4, -0.2) is 29.4 Å². The number of hydrogen-bond acceptors (Lipinski definition) is 3. The Balaban J connectivity index is 1.62. The van der Waals surface area contributed by atoms with Crippen molar-refractivity contribution in [1.29, 1.82) is 0 Å². The SMILES string of the molecule is COc1cccc(CNC(=O)[C@@]2(C)Cc3ccccc3C(=O)N2Cc2ccc(C)cc2)c1. The summed E-state index contributed by atoms with van der Waals surface area (Å²) in [6, 6.07) is 23.2. The number of nitrogens with zero attached hydrogens (tertiary/aromatic N) is 1. The van der Waals surface area contributed by atoms with Gasteiger partial charge in [0.15, 0.2) is 0 Å². The Hall–Kier alpha value is -3.60. The topological polar surface area (TPSA) is 58.6 Å². The molecule has 1 heterocycles. The smallest absolute Gasteiger partial charge is 0.255 e. The van der Waals surface area contributed by atoms with Crippen molar-refractivity contribution < 1.29 is 14.3 Å². The second-order valence-corrected chi connectivity index (χ2v) is 8.52. The van der Waals surface area contributed by atoms with E-state index in [4.69, 9.17) is 4.74 Å². The van der Waals surface area contributed by atoms with Crippen LogP contribution in [0, 0.1) is 6.92 Å². The molecular weight excluding hydrogens is 400 g/mol. The number of aryl methyl sites for hydroxylation is 1. The minimum absolute atomic E-state index is 0.119. The zero-order valence-electron chi connectivity index (χ0n) is 18.7. The summed E-state index contributed by atoms with van der Waals surface area (Å²) < 4.78 is 5.28. The molecule has 0 aromatic heterocycles. The highest BCUT2D eigenvalue weighted by Gasteiger charge is 2.46.